The Morgan fingerprint density at radius 1 is 1.17 bits per heavy atom. The molecule has 220 valence electrons. The first-order valence-electron chi connectivity index (χ1n) is 13.3. The van der Waals surface area contributed by atoms with Gasteiger partial charge in [0.25, 0.3) is 5.91 Å². The predicted octanol–water partition coefficient (Wildman–Crippen LogP) is 2.36. The first-order valence-corrected chi connectivity index (χ1v) is 14.9. The number of fused-ring (bicyclic) bond motifs is 1. The van der Waals surface area contributed by atoms with Crippen LogP contribution in [0.3, 0.4) is 0 Å². The third-order valence-electron chi connectivity index (χ3n) is 7.08. The quantitative estimate of drug-likeness (QED) is 0.246. The number of nitrogen functional groups attached to an aromatic ring is 1. The highest BCUT2D eigenvalue weighted by atomic mass is 79.9. The minimum absolute atomic E-state index is 0.0786. The zero-order chi connectivity index (χ0) is 29.1. The highest BCUT2D eigenvalue weighted by molar-refractivity contribution is 9.11. The normalized spacial score (nSPS) is 17.4. The van der Waals surface area contributed by atoms with Gasteiger partial charge in [-0.15, -0.1) is 0 Å². The molecule has 2 atom stereocenters. The lowest BCUT2D eigenvalue weighted by atomic mass is 9.93. The fourth-order valence-corrected chi connectivity index (χ4v) is 5.75. The Morgan fingerprint density at radius 3 is 2.61 bits per heavy atom. The van der Waals surface area contributed by atoms with Crippen LogP contribution in [0.25, 0.3) is 11.2 Å². The number of likely N-dealkylation sites (tertiary alicyclic amines) is 1. The maximum Gasteiger partial charge on any atom is 0.415 e. The Hall–Kier alpha value is -2.85. The summed E-state index contributed by atoms with van der Waals surface area (Å²) >= 11 is 6.80. The number of halogens is 2. The van der Waals surface area contributed by atoms with E-state index in [1.807, 2.05) is 12.1 Å². The Bertz CT molecular complexity index is 1410. The van der Waals surface area contributed by atoms with Crippen molar-refractivity contribution in [2.75, 3.05) is 25.4 Å². The summed E-state index contributed by atoms with van der Waals surface area (Å²) in [6, 6.07) is 5.43. The zero-order valence-corrected chi connectivity index (χ0v) is 25.3. The van der Waals surface area contributed by atoms with Gasteiger partial charge in [0, 0.05) is 30.0 Å². The predicted molar refractivity (Wildman–Crippen MR) is 155 cm³/mol. The smallest absolute Gasteiger partial charge is 0.409 e. The molecular weight excluding hydrogens is 666 g/mol. The number of imidazole rings is 1. The number of carbonyl (C=O) groups excluding carboxylic acids is 2. The fourth-order valence-electron chi connectivity index (χ4n) is 4.62. The SMILES string of the molecule is Nc1nc(CC2CCN(C(=O)Oc3ccc(Br)cc3Br)CC2)nc2c1ncn2CO[C@H](C(=O)NC1CC1)[C@H](O)CO. The summed E-state index contributed by atoms with van der Waals surface area (Å²) in [7, 11) is 0. The molecule has 2 aromatic heterocycles. The van der Waals surface area contributed by atoms with Crippen molar-refractivity contribution in [2.45, 2.75) is 57.1 Å². The zero-order valence-electron chi connectivity index (χ0n) is 22.1. The summed E-state index contributed by atoms with van der Waals surface area (Å²) in [5, 5.41) is 22.3. The first-order chi connectivity index (χ1) is 19.7. The fraction of sp³-hybridized carbons (Fsp3) is 0.500. The van der Waals surface area contributed by atoms with E-state index in [4.69, 9.17) is 15.2 Å². The van der Waals surface area contributed by atoms with Crippen molar-refractivity contribution < 1.29 is 29.3 Å². The highest BCUT2D eigenvalue weighted by Gasteiger charge is 2.32. The third-order valence-corrected chi connectivity index (χ3v) is 8.20. The van der Waals surface area contributed by atoms with Gasteiger partial charge in [0.1, 0.15) is 29.9 Å². The molecule has 15 heteroatoms. The second kappa shape index (κ2) is 13.0. The Labute approximate surface area is 252 Å². The van der Waals surface area contributed by atoms with Crippen molar-refractivity contribution in [3.63, 3.8) is 0 Å². The van der Waals surface area contributed by atoms with E-state index < -0.39 is 30.8 Å². The largest absolute Gasteiger partial charge is 0.415 e. The molecule has 3 aromatic rings. The molecule has 1 aromatic carbocycles. The molecule has 5 rings (SSSR count). The number of nitrogens with one attached hydrogen (secondary N) is 1. The van der Waals surface area contributed by atoms with Gasteiger partial charge >= 0.3 is 6.09 Å². The second-order valence-electron chi connectivity index (χ2n) is 10.2. The molecule has 1 aliphatic carbocycles. The van der Waals surface area contributed by atoms with E-state index in [0.29, 0.717) is 46.7 Å². The number of aliphatic hydroxyl groups excluding tert-OH is 2. The lowest BCUT2D eigenvalue weighted by Crippen LogP contribution is -2.46. The van der Waals surface area contributed by atoms with Crippen LogP contribution in [-0.2, 0) is 22.7 Å². The van der Waals surface area contributed by atoms with Gasteiger partial charge in [0.2, 0.25) is 0 Å². The van der Waals surface area contributed by atoms with Crippen LogP contribution in [0.15, 0.2) is 33.5 Å². The third kappa shape index (κ3) is 7.33. The van der Waals surface area contributed by atoms with Gasteiger partial charge in [-0.3, -0.25) is 9.36 Å². The number of carbonyl (C=O) groups is 2. The molecule has 0 radical (unpaired) electrons. The Balaban J connectivity index is 1.19. The Morgan fingerprint density at radius 2 is 1.93 bits per heavy atom. The maximum atomic E-state index is 12.7. The Kier molecular flexibility index (Phi) is 9.38. The molecule has 1 aliphatic heterocycles. The van der Waals surface area contributed by atoms with E-state index in [2.05, 4.69) is 52.1 Å². The van der Waals surface area contributed by atoms with Crippen molar-refractivity contribution in [3.8, 4) is 5.75 Å². The number of nitrogens with zero attached hydrogens (tertiary/aromatic N) is 5. The lowest BCUT2D eigenvalue weighted by molar-refractivity contribution is -0.147. The monoisotopic (exact) mass is 695 g/mol. The highest BCUT2D eigenvalue weighted by Crippen LogP contribution is 2.30. The molecule has 3 heterocycles. The van der Waals surface area contributed by atoms with Crippen LogP contribution < -0.4 is 15.8 Å². The first kappa shape index (κ1) is 29.6. The lowest BCUT2D eigenvalue weighted by Gasteiger charge is -2.31. The number of hydrogen-bond donors (Lipinski definition) is 4. The van der Waals surface area contributed by atoms with Crippen LogP contribution in [0.1, 0.15) is 31.5 Å². The van der Waals surface area contributed by atoms with Gasteiger partial charge in [0.15, 0.2) is 17.6 Å². The van der Waals surface area contributed by atoms with Gasteiger partial charge in [-0.05, 0) is 65.7 Å². The molecule has 0 bridgehead atoms. The van der Waals surface area contributed by atoms with Crippen LogP contribution in [0.5, 0.6) is 5.75 Å². The van der Waals surface area contributed by atoms with Gasteiger partial charge in [0.05, 0.1) is 17.4 Å². The molecule has 5 N–H and O–H groups in total. The average Bonchev–Trinajstić information content (AvgIpc) is 3.67. The second-order valence-corrected chi connectivity index (χ2v) is 12.0. The van der Waals surface area contributed by atoms with Crippen molar-refractivity contribution >= 4 is 60.8 Å². The molecule has 2 fully saturated rings. The number of piperidine rings is 1. The number of ether oxygens (including phenoxy) is 2. The summed E-state index contributed by atoms with van der Waals surface area (Å²) in [6.45, 7) is 0.323. The molecule has 1 saturated heterocycles. The molecule has 2 amide bonds. The summed E-state index contributed by atoms with van der Waals surface area (Å²) in [6.07, 6.45) is 2.27. The molecule has 0 spiro atoms. The minimum atomic E-state index is -1.38. The van der Waals surface area contributed by atoms with Crippen molar-refractivity contribution in [1.29, 1.82) is 0 Å². The summed E-state index contributed by atoms with van der Waals surface area (Å²) in [4.78, 5) is 40.3. The van der Waals surface area contributed by atoms with Crippen LogP contribution in [-0.4, -0.2) is 84.6 Å². The van der Waals surface area contributed by atoms with Crippen molar-refractivity contribution in [1.82, 2.24) is 29.7 Å². The molecule has 13 nitrogen and oxygen atoms in total. The van der Waals surface area contributed by atoms with Crippen LogP contribution >= 0.6 is 31.9 Å². The van der Waals surface area contributed by atoms with E-state index in [0.717, 1.165) is 30.2 Å². The van der Waals surface area contributed by atoms with Crippen LogP contribution in [0, 0.1) is 5.92 Å². The standard InChI is InChI=1S/C26H31Br2N7O6/c27-15-1-4-19(17(28)10-15)41-26(39)34-7-5-14(6-8-34)9-20-32-23(29)21-24(33-20)35(12-30-21)13-40-22(18(37)11-36)25(38)31-16-2-3-16/h1,4,10,12,14,16,18,22,36-37H,2-3,5-9,11,13H2,(H,31,38)(H2,29,32,33)/t18-,22+/m1/s1. The number of nitrogens with two attached hydrogens (primary N) is 1. The van der Waals surface area contributed by atoms with Gasteiger partial charge in [-0.2, -0.15) is 0 Å². The average molecular weight is 697 g/mol. The van der Waals surface area contributed by atoms with Gasteiger partial charge < -0.3 is 35.6 Å². The number of aromatic nitrogens is 4. The molecule has 0 unspecified atom stereocenters. The molecular formula is C26H31Br2N7O6. The van der Waals surface area contributed by atoms with Gasteiger partial charge in [-0.25, -0.2) is 19.7 Å². The van der Waals surface area contributed by atoms with Crippen LogP contribution in [0.4, 0.5) is 10.6 Å². The number of hydrogen-bond acceptors (Lipinski definition) is 10. The minimum Gasteiger partial charge on any atom is -0.409 e. The summed E-state index contributed by atoms with van der Waals surface area (Å²) < 4.78 is 14.4. The molecule has 1 saturated carbocycles. The van der Waals surface area contributed by atoms with Gasteiger partial charge in [-0.1, -0.05) is 15.9 Å². The molecule has 41 heavy (non-hydrogen) atoms. The number of aliphatic hydroxyl groups is 2. The number of rotatable bonds is 10. The summed E-state index contributed by atoms with van der Waals surface area (Å²) in [5.41, 5.74) is 7.02. The summed E-state index contributed by atoms with van der Waals surface area (Å²) in [5.74, 6) is 0.975. The van der Waals surface area contributed by atoms with Crippen LogP contribution in [0.2, 0.25) is 0 Å². The number of amides is 2. The van der Waals surface area contributed by atoms with E-state index in [-0.39, 0.29) is 24.5 Å². The number of benzene rings is 1. The maximum absolute atomic E-state index is 12.7. The number of anilines is 1. The topological polar surface area (TPSA) is 178 Å². The van der Waals surface area contributed by atoms with Crippen molar-refractivity contribution in [3.05, 3.63) is 39.3 Å². The van der Waals surface area contributed by atoms with E-state index in [1.165, 1.54) is 6.33 Å². The van der Waals surface area contributed by atoms with Crippen molar-refractivity contribution in [2.24, 2.45) is 5.92 Å². The van der Waals surface area contributed by atoms with E-state index in [9.17, 15) is 19.8 Å². The molecule has 2 aliphatic rings. The van der Waals surface area contributed by atoms with E-state index >= 15 is 0 Å². The van der Waals surface area contributed by atoms with E-state index in [1.54, 1.807) is 15.5 Å².